The number of likely N-dealkylation sites (tertiary alicyclic amines) is 1. The molecule has 1 spiro atoms. The van der Waals surface area contributed by atoms with Gasteiger partial charge in [0.25, 0.3) is 5.91 Å². The van der Waals surface area contributed by atoms with E-state index in [9.17, 15) is 4.79 Å². The third-order valence-electron chi connectivity index (χ3n) is 5.70. The molecule has 1 aliphatic carbocycles. The normalized spacial score (nSPS) is 22.1. The number of rotatable bonds is 1. The maximum atomic E-state index is 13.1. The molecule has 5 rings (SSSR count). The van der Waals surface area contributed by atoms with E-state index in [1.165, 1.54) is 22.6 Å². The van der Waals surface area contributed by atoms with Crippen molar-refractivity contribution in [3.63, 3.8) is 0 Å². The van der Waals surface area contributed by atoms with E-state index >= 15 is 0 Å². The highest BCUT2D eigenvalue weighted by Gasteiger charge is 2.45. The molecular formula is C20H20N4OS. The number of carbonyl (C=O) groups excluding carboxylic acids is 1. The van der Waals surface area contributed by atoms with Gasteiger partial charge in [-0.25, -0.2) is 15.0 Å². The topological polar surface area (TPSA) is 59.0 Å². The zero-order valence-corrected chi connectivity index (χ0v) is 15.6. The summed E-state index contributed by atoms with van der Waals surface area (Å²) < 4.78 is 1.07. The molecular weight excluding hydrogens is 344 g/mol. The number of piperidine rings is 1. The van der Waals surface area contributed by atoms with Gasteiger partial charge in [0, 0.05) is 24.7 Å². The molecule has 1 amide bonds. The molecule has 3 aromatic rings. The predicted octanol–water partition coefficient (Wildman–Crippen LogP) is 3.51. The second-order valence-corrected chi connectivity index (χ2v) is 8.42. The lowest BCUT2D eigenvalue weighted by molar-refractivity contribution is 0.0633. The van der Waals surface area contributed by atoms with Gasteiger partial charge in [0.1, 0.15) is 5.82 Å². The van der Waals surface area contributed by atoms with Crippen LogP contribution in [0.15, 0.2) is 30.5 Å². The number of hydrogen-bond donors (Lipinski definition) is 0. The number of para-hydroxylation sites is 1. The molecule has 2 aromatic heterocycles. The Morgan fingerprint density at radius 3 is 3.00 bits per heavy atom. The number of carbonyl (C=O) groups is 1. The fourth-order valence-electron chi connectivity index (χ4n) is 4.43. The van der Waals surface area contributed by atoms with Gasteiger partial charge >= 0.3 is 0 Å². The van der Waals surface area contributed by atoms with Crippen LogP contribution in [0.1, 0.15) is 46.1 Å². The lowest BCUT2D eigenvalue weighted by Gasteiger charge is -2.40. The minimum atomic E-state index is -0.00632. The van der Waals surface area contributed by atoms with E-state index in [1.54, 1.807) is 0 Å². The van der Waals surface area contributed by atoms with E-state index in [4.69, 9.17) is 4.98 Å². The Morgan fingerprint density at radius 1 is 1.23 bits per heavy atom. The van der Waals surface area contributed by atoms with Crippen LogP contribution in [-0.4, -0.2) is 38.8 Å². The van der Waals surface area contributed by atoms with E-state index in [0.29, 0.717) is 5.01 Å². The summed E-state index contributed by atoms with van der Waals surface area (Å²) in [4.78, 5) is 28.8. The summed E-state index contributed by atoms with van der Waals surface area (Å²) in [6.45, 7) is 3.49. The van der Waals surface area contributed by atoms with Crippen LogP contribution in [0.2, 0.25) is 0 Å². The first kappa shape index (κ1) is 15.9. The van der Waals surface area contributed by atoms with Crippen LogP contribution in [0.5, 0.6) is 0 Å². The maximum absolute atomic E-state index is 13.1. The van der Waals surface area contributed by atoms with Crippen LogP contribution in [-0.2, 0) is 11.8 Å². The van der Waals surface area contributed by atoms with Gasteiger partial charge in [0.15, 0.2) is 5.01 Å². The van der Waals surface area contributed by atoms with Crippen molar-refractivity contribution in [2.45, 2.75) is 38.0 Å². The molecule has 6 heteroatoms. The van der Waals surface area contributed by atoms with Crippen LogP contribution >= 0.6 is 11.3 Å². The smallest absolute Gasteiger partial charge is 0.282 e. The van der Waals surface area contributed by atoms with Gasteiger partial charge in [-0.2, -0.15) is 0 Å². The van der Waals surface area contributed by atoms with Gasteiger partial charge < -0.3 is 4.90 Å². The molecule has 1 fully saturated rings. The zero-order chi connectivity index (χ0) is 17.7. The second-order valence-electron chi connectivity index (χ2n) is 7.39. The summed E-state index contributed by atoms with van der Waals surface area (Å²) in [5.41, 5.74) is 3.33. The van der Waals surface area contributed by atoms with E-state index in [2.05, 4.69) is 9.97 Å². The quantitative estimate of drug-likeness (QED) is 0.663. The van der Waals surface area contributed by atoms with Crippen molar-refractivity contribution in [3.8, 4) is 0 Å². The van der Waals surface area contributed by atoms with E-state index in [0.717, 1.165) is 54.8 Å². The summed E-state index contributed by atoms with van der Waals surface area (Å²) in [7, 11) is 0. The molecule has 0 N–H and O–H groups in total. The standard InChI is InChI=1S/C20H20N4OS/c1-13-21-11-14-7-9-20(17(14)22-13)8-4-10-24(12-20)19(25)18-23-15-5-2-3-6-16(15)26-18/h2-3,5-6,11H,4,7-10,12H2,1H3. The Hall–Kier alpha value is -2.34. The highest BCUT2D eigenvalue weighted by molar-refractivity contribution is 7.20. The molecule has 0 radical (unpaired) electrons. The largest absolute Gasteiger partial charge is 0.336 e. The number of hydrogen-bond acceptors (Lipinski definition) is 5. The minimum Gasteiger partial charge on any atom is -0.336 e. The fraction of sp³-hybridized carbons (Fsp3) is 0.400. The molecule has 1 unspecified atom stereocenters. The van der Waals surface area contributed by atoms with E-state index in [-0.39, 0.29) is 11.3 Å². The summed E-state index contributed by atoms with van der Waals surface area (Å²) in [6.07, 6.45) is 6.16. The molecule has 1 atom stereocenters. The van der Waals surface area contributed by atoms with Crippen molar-refractivity contribution in [2.75, 3.05) is 13.1 Å². The molecule has 5 nitrogen and oxygen atoms in total. The third-order valence-corrected chi connectivity index (χ3v) is 6.73. The predicted molar refractivity (Wildman–Crippen MR) is 102 cm³/mol. The highest BCUT2D eigenvalue weighted by atomic mass is 32.1. The molecule has 1 saturated heterocycles. The fourth-order valence-corrected chi connectivity index (χ4v) is 5.36. The van der Waals surface area contributed by atoms with Crippen molar-refractivity contribution in [3.05, 3.63) is 52.6 Å². The molecule has 0 bridgehead atoms. The molecule has 1 aliphatic heterocycles. The van der Waals surface area contributed by atoms with Crippen LogP contribution in [0.25, 0.3) is 10.2 Å². The Morgan fingerprint density at radius 2 is 2.12 bits per heavy atom. The van der Waals surface area contributed by atoms with Gasteiger partial charge in [0.2, 0.25) is 0 Å². The summed E-state index contributed by atoms with van der Waals surface area (Å²) in [6, 6.07) is 7.94. The lowest BCUT2D eigenvalue weighted by atomic mass is 9.77. The number of aromatic nitrogens is 3. The monoisotopic (exact) mass is 364 g/mol. The Kier molecular flexibility index (Phi) is 3.57. The summed E-state index contributed by atoms with van der Waals surface area (Å²) in [5, 5.41) is 0.598. The van der Waals surface area contributed by atoms with Crippen molar-refractivity contribution in [2.24, 2.45) is 0 Å². The van der Waals surface area contributed by atoms with Gasteiger partial charge in [0.05, 0.1) is 15.9 Å². The van der Waals surface area contributed by atoms with E-state index in [1.807, 2.05) is 42.3 Å². The first-order valence-corrected chi connectivity index (χ1v) is 9.94. The summed E-state index contributed by atoms with van der Waals surface area (Å²) >= 11 is 1.49. The van der Waals surface area contributed by atoms with Gasteiger partial charge in [-0.05, 0) is 50.3 Å². The van der Waals surface area contributed by atoms with Gasteiger partial charge in [-0.15, -0.1) is 11.3 Å². The average molecular weight is 364 g/mol. The molecule has 1 aromatic carbocycles. The first-order valence-electron chi connectivity index (χ1n) is 9.12. The number of nitrogens with zero attached hydrogens (tertiary/aromatic N) is 4. The summed E-state index contributed by atoms with van der Waals surface area (Å²) in [5.74, 6) is 0.879. The molecule has 26 heavy (non-hydrogen) atoms. The van der Waals surface area contributed by atoms with Crippen molar-refractivity contribution in [1.82, 2.24) is 19.9 Å². The lowest BCUT2D eigenvalue weighted by Crippen LogP contribution is -2.48. The number of amides is 1. The maximum Gasteiger partial charge on any atom is 0.282 e. The molecule has 0 saturated carbocycles. The third kappa shape index (κ3) is 2.43. The number of thiazole rings is 1. The number of aryl methyl sites for hydroxylation is 2. The second kappa shape index (κ2) is 5.84. The van der Waals surface area contributed by atoms with Crippen molar-refractivity contribution in [1.29, 1.82) is 0 Å². The van der Waals surface area contributed by atoms with Crippen LogP contribution in [0.4, 0.5) is 0 Å². The van der Waals surface area contributed by atoms with E-state index < -0.39 is 0 Å². The van der Waals surface area contributed by atoms with Crippen LogP contribution in [0, 0.1) is 6.92 Å². The van der Waals surface area contributed by atoms with Crippen molar-refractivity contribution >= 4 is 27.5 Å². The minimum absolute atomic E-state index is 0.00632. The SMILES string of the molecule is Cc1ncc2c(n1)C1(CCCN(C(=O)c3nc4ccccc4s3)C1)CC2. The van der Waals surface area contributed by atoms with Crippen LogP contribution < -0.4 is 0 Å². The Balaban J connectivity index is 1.46. The first-order chi connectivity index (χ1) is 12.6. The Labute approximate surface area is 156 Å². The highest BCUT2D eigenvalue weighted by Crippen LogP contribution is 2.44. The molecule has 2 aliphatic rings. The Bertz CT molecular complexity index is 977. The number of benzene rings is 1. The average Bonchev–Trinajstić information content (AvgIpc) is 3.24. The molecule has 132 valence electrons. The zero-order valence-electron chi connectivity index (χ0n) is 14.7. The molecule has 3 heterocycles. The van der Waals surface area contributed by atoms with Gasteiger partial charge in [-0.1, -0.05) is 12.1 Å². The number of fused-ring (bicyclic) bond motifs is 3. The van der Waals surface area contributed by atoms with Gasteiger partial charge in [-0.3, -0.25) is 4.79 Å². The van der Waals surface area contributed by atoms with Crippen LogP contribution in [0.3, 0.4) is 0 Å². The van der Waals surface area contributed by atoms with Crippen molar-refractivity contribution < 1.29 is 4.79 Å².